The second-order valence-electron chi connectivity index (χ2n) is 6.00. The average molecular weight is 351 g/mol. The Morgan fingerprint density at radius 1 is 1.04 bits per heavy atom. The average Bonchev–Trinajstić information content (AvgIpc) is 3.04. The summed E-state index contributed by atoms with van der Waals surface area (Å²) >= 11 is 1.55. The number of anilines is 1. The normalized spacial score (nSPS) is 11.5. The molecule has 0 bridgehead atoms. The number of amides is 1. The first-order chi connectivity index (χ1) is 12.1. The van der Waals surface area contributed by atoms with Gasteiger partial charge in [-0.1, -0.05) is 53.8 Å². The van der Waals surface area contributed by atoms with Crippen molar-refractivity contribution in [3.63, 3.8) is 0 Å². The van der Waals surface area contributed by atoms with Gasteiger partial charge in [0, 0.05) is 19.2 Å². The van der Waals surface area contributed by atoms with Crippen LogP contribution in [0.2, 0.25) is 0 Å². The third-order valence-electron chi connectivity index (χ3n) is 3.77. The topological polar surface area (TPSA) is 36.4 Å². The van der Waals surface area contributed by atoms with Crippen molar-refractivity contribution in [2.75, 3.05) is 32.1 Å². The number of hydrogen-bond donors (Lipinski definition) is 0. The molecule has 128 valence electrons. The van der Waals surface area contributed by atoms with Gasteiger partial charge in [0.25, 0.3) is 5.91 Å². The smallest absolute Gasteiger partial charge is 0.252 e. The molecule has 0 fully saturated rings. The zero-order chi connectivity index (χ0) is 17.6. The summed E-state index contributed by atoms with van der Waals surface area (Å²) in [4.78, 5) is 21.2. The first-order valence-electron chi connectivity index (χ1n) is 8.18. The van der Waals surface area contributed by atoms with Crippen LogP contribution in [0.4, 0.5) is 5.13 Å². The van der Waals surface area contributed by atoms with E-state index >= 15 is 0 Å². The summed E-state index contributed by atoms with van der Waals surface area (Å²) in [5, 5.41) is 0.741. The first kappa shape index (κ1) is 17.3. The molecule has 0 N–H and O–H groups in total. The Morgan fingerprint density at radius 3 is 2.48 bits per heavy atom. The number of carbonyl (C=O) groups excluding carboxylic acids is 1. The van der Waals surface area contributed by atoms with E-state index in [9.17, 15) is 4.79 Å². The van der Waals surface area contributed by atoms with E-state index in [0.717, 1.165) is 27.5 Å². The maximum absolute atomic E-state index is 12.8. The van der Waals surface area contributed by atoms with Crippen LogP contribution in [-0.2, 0) is 4.79 Å². The van der Waals surface area contributed by atoms with E-state index in [2.05, 4.69) is 9.88 Å². The molecule has 0 unspecified atom stereocenters. The number of nitrogens with zero attached hydrogens (tertiary/aromatic N) is 3. The number of carbonyl (C=O) groups is 1. The van der Waals surface area contributed by atoms with Crippen molar-refractivity contribution in [2.45, 2.75) is 0 Å². The third-order valence-corrected chi connectivity index (χ3v) is 4.83. The molecule has 0 atom stereocenters. The van der Waals surface area contributed by atoms with Crippen LogP contribution in [0.1, 0.15) is 5.56 Å². The number of fused-ring (bicyclic) bond motifs is 1. The number of para-hydroxylation sites is 1. The zero-order valence-corrected chi connectivity index (χ0v) is 15.2. The van der Waals surface area contributed by atoms with Crippen molar-refractivity contribution in [1.82, 2.24) is 9.88 Å². The number of likely N-dealkylation sites (N-methyl/N-ethyl adjacent to an activating group) is 1. The predicted molar refractivity (Wildman–Crippen MR) is 106 cm³/mol. The lowest BCUT2D eigenvalue weighted by molar-refractivity contribution is -0.114. The first-order valence-corrected chi connectivity index (χ1v) is 9.00. The van der Waals surface area contributed by atoms with Crippen LogP contribution in [0.5, 0.6) is 0 Å². The highest BCUT2D eigenvalue weighted by Gasteiger charge is 2.17. The van der Waals surface area contributed by atoms with Gasteiger partial charge in [0.2, 0.25) is 0 Å². The molecule has 0 spiro atoms. The summed E-state index contributed by atoms with van der Waals surface area (Å²) in [6.45, 7) is 1.38. The van der Waals surface area contributed by atoms with Gasteiger partial charge in [-0.15, -0.1) is 0 Å². The summed E-state index contributed by atoms with van der Waals surface area (Å²) in [7, 11) is 4.00. The summed E-state index contributed by atoms with van der Waals surface area (Å²) < 4.78 is 1.09. The van der Waals surface area contributed by atoms with Crippen molar-refractivity contribution in [3.05, 3.63) is 66.2 Å². The van der Waals surface area contributed by atoms with Gasteiger partial charge in [-0.3, -0.25) is 9.69 Å². The van der Waals surface area contributed by atoms with E-state index in [1.54, 1.807) is 22.3 Å². The van der Waals surface area contributed by atoms with Gasteiger partial charge in [0.1, 0.15) is 0 Å². The van der Waals surface area contributed by atoms with Crippen LogP contribution < -0.4 is 4.90 Å². The lowest BCUT2D eigenvalue weighted by Gasteiger charge is -2.20. The number of hydrogen-bond acceptors (Lipinski definition) is 4. The molecule has 0 aliphatic carbocycles. The van der Waals surface area contributed by atoms with E-state index in [4.69, 9.17) is 0 Å². The van der Waals surface area contributed by atoms with Crippen LogP contribution in [0.3, 0.4) is 0 Å². The molecule has 0 saturated carbocycles. The molecule has 3 rings (SSSR count). The van der Waals surface area contributed by atoms with Crippen molar-refractivity contribution in [2.24, 2.45) is 0 Å². The van der Waals surface area contributed by atoms with Crippen molar-refractivity contribution < 1.29 is 4.79 Å². The maximum Gasteiger partial charge on any atom is 0.252 e. The van der Waals surface area contributed by atoms with Gasteiger partial charge < -0.3 is 4.90 Å². The Bertz CT molecular complexity index is 838. The maximum atomic E-state index is 12.8. The Balaban J connectivity index is 1.85. The second-order valence-corrected chi connectivity index (χ2v) is 7.01. The molecular weight excluding hydrogens is 330 g/mol. The number of aromatic nitrogens is 1. The SMILES string of the molecule is CN(C)CCN(C(=O)C=Cc1ccccc1)c1nc2ccccc2s1. The van der Waals surface area contributed by atoms with E-state index in [1.165, 1.54) is 0 Å². The predicted octanol–water partition coefficient (Wildman–Crippen LogP) is 3.90. The highest BCUT2D eigenvalue weighted by molar-refractivity contribution is 7.22. The minimum Gasteiger partial charge on any atom is -0.308 e. The molecule has 3 aromatic rings. The Hall–Kier alpha value is -2.50. The lowest BCUT2D eigenvalue weighted by atomic mass is 10.2. The van der Waals surface area contributed by atoms with Crippen molar-refractivity contribution in [3.8, 4) is 0 Å². The molecule has 1 amide bonds. The molecule has 0 saturated heterocycles. The Morgan fingerprint density at radius 2 is 1.76 bits per heavy atom. The molecule has 2 aromatic carbocycles. The van der Waals surface area contributed by atoms with Crippen molar-refractivity contribution >= 4 is 38.7 Å². The summed E-state index contributed by atoms with van der Waals surface area (Å²) in [5.74, 6) is -0.0511. The second kappa shape index (κ2) is 8.05. The molecule has 1 aromatic heterocycles. The molecule has 0 aliphatic heterocycles. The quantitative estimate of drug-likeness (QED) is 0.632. The largest absolute Gasteiger partial charge is 0.308 e. The van der Waals surface area contributed by atoms with Gasteiger partial charge in [0.05, 0.1) is 10.2 Å². The van der Waals surface area contributed by atoms with E-state index in [1.807, 2.05) is 74.8 Å². The van der Waals surface area contributed by atoms with Crippen LogP contribution in [0, 0.1) is 0 Å². The highest BCUT2D eigenvalue weighted by atomic mass is 32.1. The van der Waals surface area contributed by atoms with Gasteiger partial charge in [0.15, 0.2) is 5.13 Å². The monoisotopic (exact) mass is 351 g/mol. The fourth-order valence-corrected chi connectivity index (χ4v) is 3.39. The third kappa shape index (κ3) is 4.53. The van der Waals surface area contributed by atoms with Gasteiger partial charge in [-0.05, 0) is 37.9 Å². The molecule has 0 radical (unpaired) electrons. The fraction of sp³-hybridized carbons (Fsp3) is 0.200. The molecule has 4 nitrogen and oxygen atoms in total. The van der Waals surface area contributed by atoms with Crippen LogP contribution in [-0.4, -0.2) is 43.0 Å². The zero-order valence-electron chi connectivity index (χ0n) is 14.4. The Labute approximate surface area is 152 Å². The minimum absolute atomic E-state index is 0.0511. The van der Waals surface area contributed by atoms with Crippen LogP contribution in [0.15, 0.2) is 60.7 Å². The van der Waals surface area contributed by atoms with E-state index < -0.39 is 0 Å². The number of rotatable bonds is 6. The van der Waals surface area contributed by atoms with E-state index in [0.29, 0.717) is 6.54 Å². The molecular formula is C20H21N3OS. The van der Waals surface area contributed by atoms with E-state index in [-0.39, 0.29) is 5.91 Å². The number of benzene rings is 2. The minimum atomic E-state index is -0.0511. The summed E-state index contributed by atoms with van der Waals surface area (Å²) in [5.41, 5.74) is 1.94. The highest BCUT2D eigenvalue weighted by Crippen LogP contribution is 2.28. The van der Waals surface area contributed by atoms with Gasteiger partial charge in [-0.2, -0.15) is 0 Å². The van der Waals surface area contributed by atoms with Crippen molar-refractivity contribution in [1.29, 1.82) is 0 Å². The summed E-state index contributed by atoms with van der Waals surface area (Å²) in [6, 6.07) is 17.8. The van der Waals surface area contributed by atoms with Crippen LogP contribution in [0.25, 0.3) is 16.3 Å². The summed E-state index contributed by atoms with van der Waals surface area (Å²) in [6.07, 6.45) is 3.47. The lowest BCUT2D eigenvalue weighted by Crippen LogP contribution is -2.35. The molecule has 25 heavy (non-hydrogen) atoms. The fourth-order valence-electron chi connectivity index (χ4n) is 2.40. The van der Waals surface area contributed by atoms with Gasteiger partial charge >= 0.3 is 0 Å². The molecule has 5 heteroatoms. The standard InChI is InChI=1S/C20H21N3OS/c1-22(2)14-15-23(19(24)13-12-16-8-4-3-5-9-16)20-21-17-10-6-7-11-18(17)25-20/h3-13H,14-15H2,1-2H3. The molecule has 0 aliphatic rings. The van der Waals surface area contributed by atoms with Gasteiger partial charge in [-0.25, -0.2) is 4.98 Å². The molecule has 1 heterocycles. The van der Waals surface area contributed by atoms with Crippen LogP contribution >= 0.6 is 11.3 Å². The number of thiazole rings is 1. The Kier molecular flexibility index (Phi) is 5.58.